The Kier molecular flexibility index (Phi) is 5.22. The summed E-state index contributed by atoms with van der Waals surface area (Å²) in [7, 11) is 0. The molecule has 1 rings (SSSR count). The first-order chi connectivity index (χ1) is 7.52. The summed E-state index contributed by atoms with van der Waals surface area (Å²) in [6.07, 6.45) is 3.06. The van der Waals surface area contributed by atoms with Gasteiger partial charge >= 0.3 is 0 Å². The molecule has 0 aliphatic rings. The lowest BCUT2D eigenvalue weighted by Crippen LogP contribution is -2.14. The van der Waals surface area contributed by atoms with Crippen LogP contribution in [0.15, 0.2) is 16.7 Å². The fraction of sp³-hybridized carbons (Fsp3) is 0.455. The Morgan fingerprint density at radius 3 is 2.94 bits per heavy atom. The molecule has 0 fully saturated rings. The zero-order valence-electron chi connectivity index (χ0n) is 9.26. The Bertz CT molecular complexity index is 384. The predicted molar refractivity (Wildman–Crippen MR) is 69.6 cm³/mol. The lowest BCUT2D eigenvalue weighted by molar-refractivity contribution is -0.117. The fourth-order valence-corrected chi connectivity index (χ4v) is 1.61. The van der Waals surface area contributed by atoms with Gasteiger partial charge in [-0.1, -0.05) is 31.9 Å². The standard InChI is InChI=1S/C11H14BrClN2O/c1-3-7(2)4-10(16)15-8-5-9(12)11(13)14-6-8/h5-7H,3-4H2,1-2H3,(H,15,16). The summed E-state index contributed by atoms with van der Waals surface area (Å²) in [5, 5.41) is 3.17. The first-order valence-electron chi connectivity index (χ1n) is 5.13. The highest BCUT2D eigenvalue weighted by Crippen LogP contribution is 2.23. The topological polar surface area (TPSA) is 42.0 Å². The molecule has 0 aliphatic heterocycles. The van der Waals surface area contributed by atoms with Crippen molar-refractivity contribution in [2.24, 2.45) is 5.92 Å². The zero-order chi connectivity index (χ0) is 12.1. The third kappa shape index (κ3) is 4.10. The van der Waals surface area contributed by atoms with Gasteiger partial charge in [0.2, 0.25) is 5.91 Å². The molecule has 1 aromatic heterocycles. The summed E-state index contributed by atoms with van der Waals surface area (Å²) in [5.41, 5.74) is 0.657. The summed E-state index contributed by atoms with van der Waals surface area (Å²) < 4.78 is 0.676. The third-order valence-corrected chi connectivity index (χ3v) is 3.44. The van der Waals surface area contributed by atoms with Crippen LogP contribution in [0.25, 0.3) is 0 Å². The average Bonchev–Trinajstić information content (AvgIpc) is 2.23. The van der Waals surface area contributed by atoms with Gasteiger partial charge in [-0.05, 0) is 27.9 Å². The molecule has 1 atom stereocenters. The normalized spacial score (nSPS) is 12.2. The Morgan fingerprint density at radius 2 is 2.38 bits per heavy atom. The van der Waals surface area contributed by atoms with Gasteiger partial charge in [0.25, 0.3) is 0 Å². The van der Waals surface area contributed by atoms with Gasteiger partial charge in [0, 0.05) is 6.42 Å². The molecule has 1 unspecified atom stereocenters. The van der Waals surface area contributed by atoms with Crippen LogP contribution in [0.3, 0.4) is 0 Å². The van der Waals surface area contributed by atoms with E-state index < -0.39 is 0 Å². The second-order valence-corrected chi connectivity index (χ2v) is 4.97. The van der Waals surface area contributed by atoms with Gasteiger partial charge in [-0.3, -0.25) is 4.79 Å². The van der Waals surface area contributed by atoms with E-state index in [9.17, 15) is 4.79 Å². The van der Waals surface area contributed by atoms with E-state index in [0.717, 1.165) is 6.42 Å². The van der Waals surface area contributed by atoms with Gasteiger partial charge < -0.3 is 5.32 Å². The van der Waals surface area contributed by atoms with Gasteiger partial charge in [-0.2, -0.15) is 0 Å². The van der Waals surface area contributed by atoms with Crippen molar-refractivity contribution in [2.45, 2.75) is 26.7 Å². The summed E-state index contributed by atoms with van der Waals surface area (Å²) in [6.45, 7) is 4.12. The molecule has 0 spiro atoms. The number of nitrogens with one attached hydrogen (secondary N) is 1. The fourth-order valence-electron chi connectivity index (χ4n) is 1.16. The Balaban J connectivity index is 2.59. The Morgan fingerprint density at radius 1 is 1.69 bits per heavy atom. The van der Waals surface area contributed by atoms with E-state index in [4.69, 9.17) is 11.6 Å². The Labute approximate surface area is 109 Å². The number of carbonyl (C=O) groups is 1. The lowest BCUT2D eigenvalue weighted by atomic mass is 10.1. The van der Waals surface area contributed by atoms with Crippen molar-refractivity contribution in [3.63, 3.8) is 0 Å². The summed E-state index contributed by atoms with van der Waals surface area (Å²) in [6, 6.07) is 1.74. The maximum atomic E-state index is 11.6. The number of hydrogen-bond donors (Lipinski definition) is 1. The maximum Gasteiger partial charge on any atom is 0.224 e. The van der Waals surface area contributed by atoms with Crippen molar-refractivity contribution in [1.82, 2.24) is 4.98 Å². The molecule has 1 amide bonds. The maximum absolute atomic E-state index is 11.6. The van der Waals surface area contributed by atoms with Crippen LogP contribution < -0.4 is 5.32 Å². The second-order valence-electron chi connectivity index (χ2n) is 3.76. The molecule has 0 saturated carbocycles. The van der Waals surface area contributed by atoms with Crippen LogP contribution in [0.4, 0.5) is 5.69 Å². The number of pyridine rings is 1. The number of amides is 1. The molecule has 5 heteroatoms. The van der Waals surface area contributed by atoms with Gasteiger partial charge in [0.15, 0.2) is 0 Å². The number of nitrogens with zero attached hydrogens (tertiary/aromatic N) is 1. The van der Waals surface area contributed by atoms with Crippen molar-refractivity contribution in [2.75, 3.05) is 5.32 Å². The zero-order valence-corrected chi connectivity index (χ0v) is 11.6. The number of aromatic nitrogens is 1. The van der Waals surface area contributed by atoms with Crippen molar-refractivity contribution < 1.29 is 4.79 Å². The molecule has 0 saturated heterocycles. The van der Waals surface area contributed by atoms with E-state index in [-0.39, 0.29) is 5.91 Å². The molecule has 1 aromatic rings. The quantitative estimate of drug-likeness (QED) is 0.858. The number of rotatable bonds is 4. The van der Waals surface area contributed by atoms with E-state index in [2.05, 4.69) is 40.1 Å². The van der Waals surface area contributed by atoms with Crippen LogP contribution in [0, 0.1) is 5.92 Å². The van der Waals surface area contributed by atoms with Gasteiger partial charge in [-0.25, -0.2) is 4.98 Å². The number of hydrogen-bond acceptors (Lipinski definition) is 2. The highest BCUT2D eigenvalue weighted by molar-refractivity contribution is 9.10. The van der Waals surface area contributed by atoms with Crippen LogP contribution in [0.1, 0.15) is 26.7 Å². The van der Waals surface area contributed by atoms with Crippen molar-refractivity contribution >= 4 is 39.1 Å². The summed E-state index contributed by atoms with van der Waals surface area (Å²) in [5.74, 6) is 0.397. The van der Waals surface area contributed by atoms with Crippen LogP contribution in [-0.4, -0.2) is 10.9 Å². The van der Waals surface area contributed by atoms with Crippen LogP contribution in [-0.2, 0) is 4.79 Å². The highest BCUT2D eigenvalue weighted by Gasteiger charge is 2.08. The lowest BCUT2D eigenvalue weighted by Gasteiger charge is -2.09. The minimum Gasteiger partial charge on any atom is -0.325 e. The summed E-state index contributed by atoms with van der Waals surface area (Å²) >= 11 is 9.01. The van der Waals surface area contributed by atoms with Gasteiger partial charge in [0.05, 0.1) is 16.4 Å². The van der Waals surface area contributed by atoms with Crippen LogP contribution in [0.2, 0.25) is 5.15 Å². The monoisotopic (exact) mass is 304 g/mol. The minimum absolute atomic E-state index is 0.00497. The molecular weight excluding hydrogens is 291 g/mol. The molecule has 0 aliphatic carbocycles. The summed E-state index contributed by atoms with van der Waals surface area (Å²) in [4.78, 5) is 15.5. The molecule has 3 nitrogen and oxygen atoms in total. The number of carbonyl (C=O) groups excluding carboxylic acids is 1. The molecule has 0 radical (unpaired) electrons. The second kappa shape index (κ2) is 6.21. The molecule has 88 valence electrons. The number of anilines is 1. The van der Waals surface area contributed by atoms with Gasteiger partial charge in [0.1, 0.15) is 5.15 Å². The Hall–Kier alpha value is -0.610. The van der Waals surface area contributed by atoms with Crippen molar-refractivity contribution in [3.05, 3.63) is 21.9 Å². The van der Waals surface area contributed by atoms with E-state index >= 15 is 0 Å². The van der Waals surface area contributed by atoms with E-state index in [1.807, 2.05) is 0 Å². The van der Waals surface area contributed by atoms with E-state index in [1.165, 1.54) is 0 Å². The minimum atomic E-state index is 0.00497. The molecule has 0 aromatic carbocycles. The predicted octanol–water partition coefficient (Wildman–Crippen LogP) is 3.87. The SMILES string of the molecule is CCC(C)CC(=O)Nc1cnc(Cl)c(Br)c1. The number of halogens is 2. The molecular formula is C11H14BrClN2O. The molecule has 1 N–H and O–H groups in total. The average molecular weight is 306 g/mol. The van der Waals surface area contributed by atoms with Crippen molar-refractivity contribution in [3.8, 4) is 0 Å². The first-order valence-corrected chi connectivity index (χ1v) is 6.31. The largest absolute Gasteiger partial charge is 0.325 e. The van der Waals surface area contributed by atoms with E-state index in [1.54, 1.807) is 12.3 Å². The third-order valence-electron chi connectivity index (χ3n) is 2.31. The van der Waals surface area contributed by atoms with Crippen LogP contribution >= 0.6 is 27.5 Å². The molecule has 16 heavy (non-hydrogen) atoms. The first kappa shape index (κ1) is 13.5. The van der Waals surface area contributed by atoms with E-state index in [0.29, 0.717) is 27.7 Å². The van der Waals surface area contributed by atoms with Crippen molar-refractivity contribution in [1.29, 1.82) is 0 Å². The molecule has 0 bridgehead atoms. The van der Waals surface area contributed by atoms with Gasteiger partial charge in [-0.15, -0.1) is 0 Å². The smallest absolute Gasteiger partial charge is 0.224 e. The molecule has 1 heterocycles. The highest BCUT2D eigenvalue weighted by atomic mass is 79.9. The van der Waals surface area contributed by atoms with Crippen LogP contribution in [0.5, 0.6) is 0 Å².